The molecule has 0 unspecified atom stereocenters. The summed E-state index contributed by atoms with van der Waals surface area (Å²) in [5, 5.41) is 9.42. The monoisotopic (exact) mass is 352 g/mol. The highest BCUT2D eigenvalue weighted by molar-refractivity contribution is 5.92. The summed E-state index contributed by atoms with van der Waals surface area (Å²) in [6, 6.07) is 6.53. The lowest BCUT2D eigenvalue weighted by atomic mass is 9.81. The molecule has 25 heavy (non-hydrogen) atoms. The molecule has 1 aliphatic heterocycles. The van der Waals surface area contributed by atoms with Crippen LogP contribution in [-0.4, -0.2) is 12.6 Å². The Morgan fingerprint density at radius 2 is 2.04 bits per heavy atom. The van der Waals surface area contributed by atoms with Gasteiger partial charge < -0.3 is 15.2 Å². The molecule has 1 atom stereocenters. The number of hydrogen-bond acceptors (Lipinski definition) is 5. The molecule has 0 fully saturated rings. The van der Waals surface area contributed by atoms with Crippen molar-refractivity contribution in [1.29, 1.82) is 5.26 Å². The quantitative estimate of drug-likeness (QED) is 0.843. The van der Waals surface area contributed by atoms with E-state index in [0.717, 1.165) is 6.07 Å². The number of nitrogens with zero attached hydrogens (tertiary/aromatic N) is 1. The van der Waals surface area contributed by atoms with E-state index in [9.17, 15) is 23.2 Å². The Hall–Kier alpha value is -2.95. The molecule has 0 radical (unpaired) electrons. The van der Waals surface area contributed by atoms with Crippen molar-refractivity contribution in [2.24, 2.45) is 5.73 Å². The van der Waals surface area contributed by atoms with Gasteiger partial charge in [0.25, 0.3) is 0 Å². The molecule has 1 aromatic carbocycles. The van der Waals surface area contributed by atoms with Crippen LogP contribution < -0.4 is 5.73 Å². The molecule has 2 rings (SSSR count). The lowest BCUT2D eigenvalue weighted by Gasteiger charge is -2.28. The Bertz CT molecular complexity index is 804. The Balaban J connectivity index is 2.75. The number of halogens is 3. The van der Waals surface area contributed by atoms with Crippen LogP contribution in [0, 0.1) is 11.3 Å². The van der Waals surface area contributed by atoms with E-state index in [1.165, 1.54) is 25.1 Å². The lowest BCUT2D eigenvalue weighted by Crippen LogP contribution is -2.27. The van der Waals surface area contributed by atoms with Crippen LogP contribution in [0.1, 0.15) is 30.9 Å². The number of carbonyl (C=O) groups excluding carboxylic acids is 1. The number of esters is 1. The Morgan fingerprint density at radius 1 is 1.40 bits per heavy atom. The number of nitriles is 1. The summed E-state index contributed by atoms with van der Waals surface area (Å²) in [5.74, 6) is -2.59. The van der Waals surface area contributed by atoms with E-state index in [-0.39, 0.29) is 35.0 Å². The molecule has 1 aromatic rings. The highest BCUT2D eigenvalue weighted by atomic mass is 19.4. The van der Waals surface area contributed by atoms with Gasteiger partial charge in [0, 0.05) is 0 Å². The number of nitrogens with two attached hydrogens (primary N) is 1. The summed E-state index contributed by atoms with van der Waals surface area (Å²) in [7, 11) is 0. The van der Waals surface area contributed by atoms with Crippen molar-refractivity contribution < 1.29 is 27.4 Å². The topological polar surface area (TPSA) is 85.3 Å². The van der Waals surface area contributed by atoms with Gasteiger partial charge in [-0.3, -0.25) is 0 Å². The third-order valence-corrected chi connectivity index (χ3v) is 3.68. The zero-order chi connectivity index (χ0) is 18.8. The number of alkyl halides is 3. The summed E-state index contributed by atoms with van der Waals surface area (Å²) in [5.41, 5.74) is 4.06. The molecule has 132 valence electrons. The van der Waals surface area contributed by atoms with E-state index in [4.69, 9.17) is 15.2 Å². The van der Waals surface area contributed by atoms with Crippen molar-refractivity contribution in [3.05, 3.63) is 58.2 Å². The minimum absolute atomic E-state index is 0.00612. The first-order valence-electron chi connectivity index (χ1n) is 7.33. The third-order valence-electron chi connectivity index (χ3n) is 3.68. The number of benzene rings is 1. The smallest absolute Gasteiger partial charge is 0.416 e. The van der Waals surface area contributed by atoms with Crippen LogP contribution in [0.15, 0.2) is 47.1 Å². The zero-order valence-electron chi connectivity index (χ0n) is 13.5. The van der Waals surface area contributed by atoms with Gasteiger partial charge in [-0.25, -0.2) is 4.79 Å². The molecule has 0 aliphatic carbocycles. The zero-order valence-corrected chi connectivity index (χ0v) is 13.5. The van der Waals surface area contributed by atoms with Crippen LogP contribution >= 0.6 is 0 Å². The molecule has 5 nitrogen and oxygen atoms in total. The molecule has 8 heteroatoms. The van der Waals surface area contributed by atoms with E-state index in [1.807, 2.05) is 6.07 Å². The molecule has 0 saturated carbocycles. The van der Waals surface area contributed by atoms with Crippen LogP contribution in [0.2, 0.25) is 0 Å². The first-order chi connectivity index (χ1) is 11.7. The van der Waals surface area contributed by atoms with Crippen LogP contribution in [0.25, 0.3) is 0 Å². The fourth-order valence-corrected chi connectivity index (χ4v) is 2.65. The van der Waals surface area contributed by atoms with E-state index < -0.39 is 23.6 Å². The summed E-state index contributed by atoms with van der Waals surface area (Å²) in [6.07, 6.45) is -4.67. The summed E-state index contributed by atoms with van der Waals surface area (Å²) >= 11 is 0. The second kappa shape index (κ2) is 6.89. The molecule has 2 N–H and O–H groups in total. The first kappa shape index (κ1) is 18.4. The van der Waals surface area contributed by atoms with Crippen molar-refractivity contribution in [2.45, 2.75) is 25.9 Å². The highest BCUT2D eigenvalue weighted by Crippen LogP contribution is 2.44. The second-order valence-corrected chi connectivity index (χ2v) is 5.20. The molecule has 0 aromatic heterocycles. The van der Waals surface area contributed by atoms with Crippen LogP contribution in [0.3, 0.4) is 0 Å². The number of carbonyl (C=O) groups is 1. The maximum Gasteiger partial charge on any atom is 0.416 e. The van der Waals surface area contributed by atoms with Crippen molar-refractivity contribution >= 4 is 5.97 Å². The molecule has 1 aliphatic rings. The van der Waals surface area contributed by atoms with Gasteiger partial charge in [0.05, 0.1) is 29.7 Å². The maximum absolute atomic E-state index is 13.4. The summed E-state index contributed by atoms with van der Waals surface area (Å²) < 4.78 is 50.3. The number of hydrogen-bond donors (Lipinski definition) is 1. The van der Waals surface area contributed by atoms with Gasteiger partial charge in [-0.05, 0) is 25.5 Å². The minimum Gasteiger partial charge on any atom is -0.462 e. The van der Waals surface area contributed by atoms with Crippen LogP contribution in [0.4, 0.5) is 13.2 Å². The largest absolute Gasteiger partial charge is 0.462 e. The van der Waals surface area contributed by atoms with Gasteiger partial charge in [0.15, 0.2) is 0 Å². The number of ether oxygens (including phenoxy) is 2. The maximum atomic E-state index is 13.4. The third kappa shape index (κ3) is 3.45. The Labute approximate surface area is 142 Å². The van der Waals surface area contributed by atoms with Crippen molar-refractivity contribution in [3.63, 3.8) is 0 Å². The van der Waals surface area contributed by atoms with Gasteiger partial charge in [-0.1, -0.05) is 18.2 Å². The SMILES string of the molecule is CCOC(=O)C1=C(N)OC(C)=C(C#N)[C@@H]1c1ccccc1C(F)(F)F. The highest BCUT2D eigenvalue weighted by Gasteiger charge is 2.42. The van der Waals surface area contributed by atoms with E-state index >= 15 is 0 Å². The molecule has 0 amide bonds. The molecule has 0 spiro atoms. The summed E-state index contributed by atoms with van der Waals surface area (Å²) in [6.45, 7) is 2.94. The second-order valence-electron chi connectivity index (χ2n) is 5.20. The molecule has 1 heterocycles. The van der Waals surface area contributed by atoms with Crippen molar-refractivity contribution in [3.8, 4) is 6.07 Å². The van der Waals surface area contributed by atoms with E-state index in [0.29, 0.717) is 0 Å². The Kier molecular flexibility index (Phi) is 5.07. The average Bonchev–Trinajstić information content (AvgIpc) is 2.53. The van der Waals surface area contributed by atoms with Gasteiger partial charge in [0.2, 0.25) is 5.88 Å². The van der Waals surface area contributed by atoms with Gasteiger partial charge in [0.1, 0.15) is 11.3 Å². The van der Waals surface area contributed by atoms with Crippen molar-refractivity contribution in [1.82, 2.24) is 0 Å². The van der Waals surface area contributed by atoms with Gasteiger partial charge in [-0.2, -0.15) is 18.4 Å². The van der Waals surface area contributed by atoms with E-state index in [2.05, 4.69) is 0 Å². The molecular formula is C17H15F3N2O3. The lowest BCUT2D eigenvalue weighted by molar-refractivity contribution is -0.140. The number of rotatable bonds is 3. The molecule has 0 bridgehead atoms. The predicted octanol–water partition coefficient (Wildman–Crippen LogP) is 3.35. The summed E-state index contributed by atoms with van der Waals surface area (Å²) in [4.78, 5) is 12.3. The average molecular weight is 352 g/mol. The van der Waals surface area contributed by atoms with Crippen molar-refractivity contribution in [2.75, 3.05) is 6.61 Å². The fraction of sp³-hybridized carbons (Fsp3) is 0.294. The van der Waals surface area contributed by atoms with E-state index in [1.54, 1.807) is 6.92 Å². The molecule has 0 saturated heterocycles. The normalized spacial score (nSPS) is 17.8. The minimum atomic E-state index is -4.67. The fourth-order valence-electron chi connectivity index (χ4n) is 2.65. The predicted molar refractivity (Wildman–Crippen MR) is 81.4 cm³/mol. The van der Waals surface area contributed by atoms with Gasteiger partial charge in [-0.15, -0.1) is 0 Å². The van der Waals surface area contributed by atoms with Crippen LogP contribution in [0.5, 0.6) is 0 Å². The first-order valence-corrected chi connectivity index (χ1v) is 7.33. The van der Waals surface area contributed by atoms with Crippen LogP contribution in [-0.2, 0) is 20.4 Å². The van der Waals surface area contributed by atoms with Gasteiger partial charge >= 0.3 is 12.1 Å². The molecular weight excluding hydrogens is 337 g/mol. The number of allylic oxidation sites excluding steroid dienone is 2. The standard InChI is InChI=1S/C17H15F3N2O3/c1-3-24-16(23)14-13(11(8-21)9(2)25-15(14)22)10-6-4-5-7-12(10)17(18,19)20/h4-7,13H,3,22H2,1-2H3/t13-/m0/s1. The Morgan fingerprint density at radius 3 is 2.60 bits per heavy atom.